The Kier molecular flexibility index (Phi) is 7.67. The van der Waals surface area contributed by atoms with Gasteiger partial charge in [0.1, 0.15) is 0 Å². The largest absolute Gasteiger partial charge is 0.462 e. The standard InChI is InChI=1S/C23H28N2O4/c1-2-28-22(26)18-13-14-20(24-19-11-7-4-8-12-19)21(15-18)25-23(27)29-16-17-9-5-3-6-10-17/h3-7,9-10,13-15,19,23-25,27H,2,8,11-12,16H2,1H3. The number of ether oxygens (including phenoxy) is 2. The van der Waals surface area contributed by atoms with E-state index in [0.717, 1.165) is 30.5 Å². The van der Waals surface area contributed by atoms with Gasteiger partial charge in [-0.1, -0.05) is 42.5 Å². The van der Waals surface area contributed by atoms with Crippen LogP contribution in [0, 0.1) is 0 Å². The topological polar surface area (TPSA) is 79.8 Å². The van der Waals surface area contributed by atoms with Crippen molar-refractivity contribution in [3.05, 3.63) is 71.8 Å². The molecule has 6 nitrogen and oxygen atoms in total. The molecule has 0 spiro atoms. The first kappa shape index (κ1) is 20.9. The molecule has 6 heteroatoms. The van der Waals surface area contributed by atoms with E-state index in [-0.39, 0.29) is 6.61 Å². The predicted molar refractivity (Wildman–Crippen MR) is 114 cm³/mol. The zero-order valence-corrected chi connectivity index (χ0v) is 16.6. The first-order valence-electron chi connectivity index (χ1n) is 9.98. The summed E-state index contributed by atoms with van der Waals surface area (Å²) in [6, 6.07) is 15.2. The van der Waals surface area contributed by atoms with Crippen molar-refractivity contribution in [3.8, 4) is 0 Å². The quantitative estimate of drug-likeness (QED) is 0.333. The molecule has 1 aliphatic carbocycles. The minimum atomic E-state index is -1.22. The van der Waals surface area contributed by atoms with E-state index >= 15 is 0 Å². The van der Waals surface area contributed by atoms with Crippen LogP contribution in [0.3, 0.4) is 0 Å². The number of aliphatic hydroxyl groups is 1. The van der Waals surface area contributed by atoms with E-state index in [0.29, 0.717) is 23.9 Å². The molecule has 0 saturated carbocycles. The molecule has 2 aromatic rings. The average molecular weight is 396 g/mol. The summed E-state index contributed by atoms with van der Waals surface area (Å²) in [6.07, 6.45) is 6.12. The Labute approximate surface area is 171 Å². The van der Waals surface area contributed by atoms with Crippen molar-refractivity contribution in [2.45, 2.75) is 45.2 Å². The Morgan fingerprint density at radius 1 is 1.17 bits per heavy atom. The molecule has 1 aliphatic rings. The number of nitrogens with one attached hydrogen (secondary N) is 2. The summed E-state index contributed by atoms with van der Waals surface area (Å²) in [5.41, 5.74) is 2.77. The van der Waals surface area contributed by atoms with Crippen LogP contribution in [0.4, 0.5) is 11.4 Å². The number of rotatable bonds is 9. The highest BCUT2D eigenvalue weighted by Gasteiger charge is 2.16. The molecule has 0 heterocycles. The summed E-state index contributed by atoms with van der Waals surface area (Å²) in [4.78, 5) is 12.1. The van der Waals surface area contributed by atoms with Gasteiger partial charge in [-0.15, -0.1) is 0 Å². The van der Waals surface area contributed by atoms with Crippen LogP contribution in [-0.2, 0) is 16.1 Å². The second-order valence-electron chi connectivity index (χ2n) is 6.90. The fourth-order valence-electron chi connectivity index (χ4n) is 3.20. The van der Waals surface area contributed by atoms with E-state index in [2.05, 4.69) is 22.8 Å². The fourth-order valence-corrected chi connectivity index (χ4v) is 3.20. The second-order valence-corrected chi connectivity index (χ2v) is 6.90. The minimum absolute atomic E-state index is 0.267. The highest BCUT2D eigenvalue weighted by atomic mass is 16.6. The van der Waals surface area contributed by atoms with Gasteiger partial charge < -0.3 is 25.2 Å². The van der Waals surface area contributed by atoms with Gasteiger partial charge in [0, 0.05) is 6.04 Å². The predicted octanol–water partition coefficient (Wildman–Crippen LogP) is 4.29. The van der Waals surface area contributed by atoms with Crippen molar-refractivity contribution in [3.63, 3.8) is 0 Å². The second kappa shape index (κ2) is 10.6. The molecule has 29 heavy (non-hydrogen) atoms. The van der Waals surface area contributed by atoms with E-state index in [4.69, 9.17) is 9.47 Å². The van der Waals surface area contributed by atoms with Gasteiger partial charge in [0.15, 0.2) is 0 Å². The Bertz CT molecular complexity index is 823. The van der Waals surface area contributed by atoms with Crippen LogP contribution in [-0.4, -0.2) is 30.1 Å². The third-order valence-corrected chi connectivity index (χ3v) is 4.69. The molecule has 0 bridgehead atoms. The summed E-state index contributed by atoms with van der Waals surface area (Å²) in [5, 5.41) is 16.8. The molecule has 154 valence electrons. The van der Waals surface area contributed by atoms with Crippen molar-refractivity contribution in [2.24, 2.45) is 0 Å². The van der Waals surface area contributed by atoms with E-state index in [9.17, 15) is 9.90 Å². The van der Waals surface area contributed by atoms with E-state index in [1.54, 1.807) is 19.1 Å². The number of benzene rings is 2. The Balaban J connectivity index is 1.71. The molecular weight excluding hydrogens is 368 g/mol. The Morgan fingerprint density at radius 2 is 2.00 bits per heavy atom. The molecule has 2 atom stereocenters. The first-order valence-corrected chi connectivity index (χ1v) is 9.98. The number of allylic oxidation sites excluding steroid dienone is 1. The van der Waals surface area contributed by atoms with Gasteiger partial charge in [0.2, 0.25) is 6.41 Å². The Hall–Kier alpha value is -2.83. The van der Waals surface area contributed by atoms with Crippen LogP contribution in [0.2, 0.25) is 0 Å². The molecule has 0 radical (unpaired) electrons. The van der Waals surface area contributed by atoms with Gasteiger partial charge >= 0.3 is 5.97 Å². The lowest BCUT2D eigenvalue weighted by molar-refractivity contribution is -0.0871. The third kappa shape index (κ3) is 6.34. The average Bonchev–Trinajstić information content (AvgIpc) is 2.75. The zero-order valence-electron chi connectivity index (χ0n) is 16.6. The van der Waals surface area contributed by atoms with Crippen LogP contribution in [0.1, 0.15) is 42.1 Å². The van der Waals surface area contributed by atoms with E-state index in [1.165, 1.54) is 0 Å². The van der Waals surface area contributed by atoms with Crippen molar-refractivity contribution in [1.29, 1.82) is 0 Å². The summed E-state index contributed by atoms with van der Waals surface area (Å²) >= 11 is 0. The summed E-state index contributed by atoms with van der Waals surface area (Å²) in [6.45, 7) is 2.34. The van der Waals surface area contributed by atoms with Gasteiger partial charge in [0.05, 0.1) is 30.2 Å². The van der Waals surface area contributed by atoms with Gasteiger partial charge in [-0.3, -0.25) is 0 Å². The summed E-state index contributed by atoms with van der Waals surface area (Å²) in [7, 11) is 0. The highest BCUT2D eigenvalue weighted by molar-refractivity contribution is 5.92. The van der Waals surface area contributed by atoms with Crippen LogP contribution in [0.25, 0.3) is 0 Å². The smallest absolute Gasteiger partial charge is 0.338 e. The lowest BCUT2D eigenvalue weighted by Crippen LogP contribution is -2.25. The molecule has 3 N–H and O–H groups in total. The molecule has 0 fully saturated rings. The number of hydrogen-bond acceptors (Lipinski definition) is 6. The van der Waals surface area contributed by atoms with E-state index < -0.39 is 12.4 Å². The number of esters is 1. The minimum Gasteiger partial charge on any atom is -0.462 e. The van der Waals surface area contributed by atoms with Gasteiger partial charge in [-0.2, -0.15) is 0 Å². The SMILES string of the molecule is CCOC(=O)c1ccc(NC2CC=CCC2)c(NC(O)OCc2ccccc2)c1. The van der Waals surface area contributed by atoms with Crippen molar-refractivity contribution in [1.82, 2.24) is 0 Å². The van der Waals surface area contributed by atoms with Gasteiger partial charge in [0.25, 0.3) is 0 Å². The molecule has 0 saturated heterocycles. The van der Waals surface area contributed by atoms with Gasteiger partial charge in [-0.25, -0.2) is 4.79 Å². The number of carbonyl (C=O) groups is 1. The van der Waals surface area contributed by atoms with Crippen LogP contribution < -0.4 is 10.6 Å². The maximum Gasteiger partial charge on any atom is 0.338 e. The summed E-state index contributed by atoms with van der Waals surface area (Å²) in [5.74, 6) is -0.401. The van der Waals surface area contributed by atoms with Crippen LogP contribution >= 0.6 is 0 Å². The molecular formula is C23H28N2O4. The van der Waals surface area contributed by atoms with Crippen molar-refractivity contribution >= 4 is 17.3 Å². The highest BCUT2D eigenvalue weighted by Crippen LogP contribution is 2.27. The number of anilines is 2. The van der Waals surface area contributed by atoms with Gasteiger partial charge in [-0.05, 0) is 49.9 Å². The number of aliphatic hydroxyl groups excluding tert-OH is 1. The molecule has 0 aromatic heterocycles. The van der Waals surface area contributed by atoms with Crippen molar-refractivity contribution < 1.29 is 19.4 Å². The first-order chi connectivity index (χ1) is 14.2. The fraction of sp³-hybridized carbons (Fsp3) is 0.348. The molecule has 0 aliphatic heterocycles. The lowest BCUT2D eigenvalue weighted by Gasteiger charge is -2.24. The number of hydrogen-bond donors (Lipinski definition) is 3. The van der Waals surface area contributed by atoms with E-state index in [1.807, 2.05) is 36.4 Å². The molecule has 3 rings (SSSR count). The summed E-state index contributed by atoms with van der Waals surface area (Å²) < 4.78 is 10.6. The maximum atomic E-state index is 12.1. The van der Waals surface area contributed by atoms with Crippen LogP contribution in [0.15, 0.2) is 60.7 Å². The molecule has 2 aromatic carbocycles. The maximum absolute atomic E-state index is 12.1. The monoisotopic (exact) mass is 396 g/mol. The molecule has 2 unspecified atom stereocenters. The third-order valence-electron chi connectivity index (χ3n) is 4.69. The Morgan fingerprint density at radius 3 is 2.72 bits per heavy atom. The number of carbonyl (C=O) groups excluding carboxylic acids is 1. The zero-order chi connectivity index (χ0) is 20.5. The lowest BCUT2D eigenvalue weighted by atomic mass is 10.0. The normalized spacial score (nSPS) is 16.8. The van der Waals surface area contributed by atoms with Crippen LogP contribution in [0.5, 0.6) is 0 Å². The molecule has 0 amide bonds. The van der Waals surface area contributed by atoms with Crippen molar-refractivity contribution in [2.75, 3.05) is 17.2 Å².